The van der Waals surface area contributed by atoms with Crippen LogP contribution in [0.5, 0.6) is 0 Å². The number of carbonyl (C=O) groups is 3. The molecule has 10 nitrogen and oxygen atoms in total. The molecule has 4 rings (SSSR count). The predicted octanol–water partition coefficient (Wildman–Crippen LogP) is 4.53. The maximum absolute atomic E-state index is 14.1. The summed E-state index contributed by atoms with van der Waals surface area (Å²) in [7, 11) is -1.33. The number of anilines is 2. The van der Waals surface area contributed by atoms with Crippen LogP contribution >= 0.6 is 11.6 Å². The zero-order valence-electron chi connectivity index (χ0n) is 22.1. The van der Waals surface area contributed by atoms with Crippen molar-refractivity contribution in [2.75, 3.05) is 36.8 Å². The van der Waals surface area contributed by atoms with E-state index < -0.39 is 37.3 Å². The maximum Gasteiger partial charge on any atom is 0.405 e. The fourth-order valence-electron chi connectivity index (χ4n) is 4.77. The number of hydrogen-bond donors (Lipinski definition) is 3. The number of amides is 3. The van der Waals surface area contributed by atoms with Crippen molar-refractivity contribution in [3.8, 4) is 0 Å². The summed E-state index contributed by atoms with van der Waals surface area (Å²) < 4.78 is 25.5. The number of fused-ring (bicyclic) bond motifs is 2. The number of halogens is 2. The molecule has 1 unspecified atom stereocenters. The lowest BCUT2D eigenvalue weighted by Gasteiger charge is -2.32. The van der Waals surface area contributed by atoms with E-state index in [2.05, 4.69) is 35.3 Å². The van der Waals surface area contributed by atoms with E-state index >= 15 is 0 Å². The van der Waals surface area contributed by atoms with E-state index in [-0.39, 0.29) is 29.0 Å². The topological polar surface area (TPSA) is 130 Å². The molecule has 1 atom stereocenters. The van der Waals surface area contributed by atoms with Crippen molar-refractivity contribution in [2.24, 2.45) is 0 Å². The Hall–Kier alpha value is -3.06. The summed E-state index contributed by atoms with van der Waals surface area (Å²) in [5, 5.41) is 13.8. The lowest BCUT2D eigenvalue weighted by molar-refractivity contribution is -0.127. The van der Waals surface area contributed by atoms with Gasteiger partial charge in [0.25, 0.3) is 5.91 Å². The molecular weight excluding hydrogens is 547 g/mol. The van der Waals surface area contributed by atoms with Gasteiger partial charge in [0.05, 0.1) is 16.1 Å². The number of carbonyl (C=O) groups excluding carboxylic acids is 2. The Morgan fingerprint density at radius 2 is 2.00 bits per heavy atom. The third-order valence-corrected chi connectivity index (χ3v) is 8.98. The fraction of sp³-hybridized carbons (Fsp3) is 0.462. The van der Waals surface area contributed by atoms with Crippen molar-refractivity contribution >= 4 is 49.1 Å². The van der Waals surface area contributed by atoms with Crippen LogP contribution in [0.3, 0.4) is 0 Å². The number of rotatable bonds is 9. The summed E-state index contributed by atoms with van der Waals surface area (Å²) in [5.74, 6) is -1.56. The van der Waals surface area contributed by atoms with Gasteiger partial charge in [0.2, 0.25) is 5.91 Å². The highest BCUT2D eigenvalue weighted by Gasteiger charge is 2.52. The molecule has 3 N–H and O–H groups in total. The molecule has 3 amide bonds. The number of nitrogens with one attached hydrogen (secondary N) is 2. The third-order valence-electron chi connectivity index (χ3n) is 6.96. The van der Waals surface area contributed by atoms with Crippen molar-refractivity contribution in [3.05, 3.63) is 52.4 Å². The number of carboxylic acid groups (broad SMARTS) is 1. The van der Waals surface area contributed by atoms with Crippen LogP contribution < -0.4 is 15.5 Å². The summed E-state index contributed by atoms with van der Waals surface area (Å²) in [6.45, 7) is 8.20. The summed E-state index contributed by atoms with van der Waals surface area (Å²) in [6, 6.07) is 4.68. The minimum absolute atomic E-state index is 0.0591. The Kier molecular flexibility index (Phi) is 8.59. The Morgan fingerprint density at radius 3 is 2.64 bits per heavy atom. The summed E-state index contributed by atoms with van der Waals surface area (Å²) in [4.78, 5) is 44.2. The molecule has 1 fully saturated rings. The molecule has 210 valence electrons. The Bertz CT molecular complexity index is 1270. The van der Waals surface area contributed by atoms with E-state index in [4.69, 9.17) is 21.1 Å². The number of ether oxygens (including phenoxy) is 2. The Labute approximate surface area is 231 Å². The van der Waals surface area contributed by atoms with Crippen molar-refractivity contribution in [3.63, 3.8) is 0 Å². The molecular formula is C26H32ClFN4O6Si. The van der Waals surface area contributed by atoms with Crippen molar-refractivity contribution in [1.82, 2.24) is 10.3 Å². The summed E-state index contributed by atoms with van der Waals surface area (Å²) in [5.41, 5.74) is 0.592. The molecule has 13 heteroatoms. The van der Waals surface area contributed by atoms with Crippen LogP contribution in [0, 0.1) is 5.82 Å². The average molecular weight is 579 g/mol. The van der Waals surface area contributed by atoms with E-state index in [1.165, 1.54) is 12.1 Å². The first-order chi connectivity index (χ1) is 18.4. The van der Waals surface area contributed by atoms with E-state index in [0.717, 1.165) is 17.7 Å². The highest BCUT2D eigenvalue weighted by molar-refractivity contribution is 6.76. The SMILES string of the molecule is C[Si](C)(C)CCOCN1C(=O)C2(CCOCC2)c2cnc(NC(=O)C(NC(=O)O)c3ccc(Cl)c(F)c3)cc21. The van der Waals surface area contributed by atoms with Crippen molar-refractivity contribution in [2.45, 2.75) is 50.0 Å². The quantitative estimate of drug-likeness (QED) is 0.294. The molecule has 2 aliphatic heterocycles. The largest absolute Gasteiger partial charge is 0.465 e. The van der Waals surface area contributed by atoms with Crippen LogP contribution in [0.25, 0.3) is 0 Å². The molecule has 1 saturated heterocycles. The lowest BCUT2D eigenvalue weighted by Crippen LogP contribution is -2.44. The van der Waals surface area contributed by atoms with E-state index in [0.29, 0.717) is 38.3 Å². The highest BCUT2D eigenvalue weighted by Crippen LogP contribution is 2.48. The van der Waals surface area contributed by atoms with Gasteiger partial charge in [-0.1, -0.05) is 37.3 Å². The van der Waals surface area contributed by atoms with Gasteiger partial charge >= 0.3 is 6.09 Å². The smallest absolute Gasteiger partial charge is 0.405 e. The Morgan fingerprint density at radius 1 is 1.28 bits per heavy atom. The summed E-state index contributed by atoms with van der Waals surface area (Å²) >= 11 is 5.74. The zero-order chi connectivity index (χ0) is 28.4. The molecule has 1 aromatic heterocycles. The van der Waals surface area contributed by atoms with E-state index in [9.17, 15) is 23.9 Å². The number of aromatic nitrogens is 1. The fourth-order valence-corrected chi connectivity index (χ4v) is 5.64. The number of benzene rings is 1. The molecule has 0 bridgehead atoms. The average Bonchev–Trinajstić information content (AvgIpc) is 3.08. The van der Waals surface area contributed by atoms with Gasteiger partial charge < -0.3 is 25.2 Å². The van der Waals surface area contributed by atoms with Crippen LogP contribution in [0.15, 0.2) is 30.5 Å². The van der Waals surface area contributed by atoms with Gasteiger partial charge in [-0.05, 0) is 36.6 Å². The monoisotopic (exact) mass is 578 g/mol. The van der Waals surface area contributed by atoms with Gasteiger partial charge in [-0.3, -0.25) is 14.5 Å². The predicted molar refractivity (Wildman–Crippen MR) is 146 cm³/mol. The van der Waals surface area contributed by atoms with Gasteiger partial charge in [0, 0.05) is 45.7 Å². The number of pyridine rings is 1. The van der Waals surface area contributed by atoms with E-state index in [1.54, 1.807) is 17.2 Å². The molecule has 0 saturated carbocycles. The van der Waals surface area contributed by atoms with Gasteiger partial charge in [0.1, 0.15) is 24.4 Å². The molecule has 39 heavy (non-hydrogen) atoms. The summed E-state index contributed by atoms with van der Waals surface area (Å²) in [6.07, 6.45) is 1.10. The molecule has 3 heterocycles. The van der Waals surface area contributed by atoms with Crippen molar-refractivity contribution in [1.29, 1.82) is 0 Å². The first-order valence-corrected chi connectivity index (χ1v) is 16.7. The van der Waals surface area contributed by atoms with Crippen LogP contribution in [-0.4, -0.2) is 62.6 Å². The van der Waals surface area contributed by atoms with Gasteiger partial charge in [0.15, 0.2) is 0 Å². The number of hydrogen-bond acceptors (Lipinski definition) is 6. The zero-order valence-corrected chi connectivity index (χ0v) is 23.8. The van der Waals surface area contributed by atoms with Gasteiger partial charge in [-0.25, -0.2) is 14.2 Å². The molecule has 2 aliphatic rings. The van der Waals surface area contributed by atoms with Crippen LogP contribution in [-0.2, 0) is 24.5 Å². The van der Waals surface area contributed by atoms with Gasteiger partial charge in [-0.2, -0.15) is 0 Å². The first kappa shape index (κ1) is 28.9. The first-order valence-electron chi connectivity index (χ1n) is 12.6. The van der Waals surface area contributed by atoms with Crippen molar-refractivity contribution < 1.29 is 33.4 Å². The molecule has 1 aromatic carbocycles. The molecule has 2 aromatic rings. The Balaban J connectivity index is 1.60. The molecule has 1 spiro atoms. The van der Waals surface area contributed by atoms with Crippen LogP contribution in [0.4, 0.5) is 20.7 Å². The molecule has 0 aliphatic carbocycles. The van der Waals surface area contributed by atoms with E-state index in [1.807, 2.05) is 0 Å². The standard InChI is InChI=1S/C26H32ClFN4O6Si/c1-39(2,3)11-10-38-15-32-20-13-21(29-14-17(20)26(24(32)34)6-8-37-9-7-26)30-23(33)22(31-25(35)36)16-4-5-18(27)19(28)12-16/h4-5,12-14,22,31H,6-11,15H2,1-3H3,(H,35,36)(H,29,30,33). The molecule has 0 radical (unpaired) electrons. The van der Waals surface area contributed by atoms with Crippen LogP contribution in [0.1, 0.15) is 30.0 Å². The highest BCUT2D eigenvalue weighted by atomic mass is 35.5. The second-order valence-corrected chi connectivity index (χ2v) is 16.9. The minimum atomic E-state index is -1.47. The second-order valence-electron chi connectivity index (χ2n) is 10.9. The minimum Gasteiger partial charge on any atom is -0.465 e. The van der Waals surface area contributed by atoms with Gasteiger partial charge in [-0.15, -0.1) is 0 Å². The number of nitrogens with zero attached hydrogens (tertiary/aromatic N) is 2. The normalized spacial score (nSPS) is 17.2. The maximum atomic E-state index is 14.1. The lowest BCUT2D eigenvalue weighted by atomic mass is 9.76. The van der Waals surface area contributed by atoms with Crippen LogP contribution in [0.2, 0.25) is 30.7 Å². The third kappa shape index (κ3) is 6.40. The second kappa shape index (κ2) is 11.6.